The first kappa shape index (κ1) is 12.1. The Bertz CT molecular complexity index is 677. The summed E-state index contributed by atoms with van der Waals surface area (Å²) in [5.41, 5.74) is 2.88. The van der Waals surface area contributed by atoms with Gasteiger partial charge in [-0.2, -0.15) is 0 Å². The topological polar surface area (TPSA) is 62.2 Å². The van der Waals surface area contributed by atoms with Crippen LogP contribution >= 0.6 is 0 Å². The van der Waals surface area contributed by atoms with Gasteiger partial charge in [0.05, 0.1) is 0 Å². The van der Waals surface area contributed by atoms with Crippen molar-refractivity contribution >= 4 is 5.65 Å². The predicted octanol–water partition coefficient (Wildman–Crippen LogP) is 1.44. The zero-order valence-electron chi connectivity index (χ0n) is 11.6. The fourth-order valence-electron chi connectivity index (χ4n) is 3.16. The van der Waals surface area contributed by atoms with Crippen molar-refractivity contribution in [3.8, 4) is 0 Å². The Balaban J connectivity index is 1.64. The maximum absolute atomic E-state index is 12.2. The lowest BCUT2D eigenvalue weighted by Gasteiger charge is -2.22. The summed E-state index contributed by atoms with van der Waals surface area (Å²) in [6.45, 7) is 2.16. The molecule has 0 radical (unpaired) electrons. The third kappa shape index (κ3) is 2.26. The van der Waals surface area contributed by atoms with Gasteiger partial charge in [-0.15, -0.1) is 0 Å². The fraction of sp³-hybridized carbons (Fsp3) is 0.600. The van der Waals surface area contributed by atoms with Crippen molar-refractivity contribution in [3.05, 3.63) is 33.9 Å². The van der Waals surface area contributed by atoms with Crippen LogP contribution in [0.1, 0.15) is 43.0 Å². The molecule has 4 rings (SSSR count). The van der Waals surface area contributed by atoms with Gasteiger partial charge in [-0.05, 0) is 51.1 Å². The minimum Gasteiger partial charge on any atom is -0.316 e. The molecule has 2 N–H and O–H groups in total. The van der Waals surface area contributed by atoms with Crippen LogP contribution in [0.15, 0.2) is 16.9 Å². The molecule has 2 aliphatic rings. The Labute approximate surface area is 117 Å². The average Bonchev–Trinajstić information content (AvgIpc) is 3.20. The Kier molecular flexibility index (Phi) is 2.88. The maximum Gasteiger partial charge on any atom is 0.272 e. The van der Waals surface area contributed by atoms with E-state index in [1.807, 2.05) is 6.07 Å². The number of piperidine rings is 1. The summed E-state index contributed by atoms with van der Waals surface area (Å²) in [4.78, 5) is 16.8. The van der Waals surface area contributed by atoms with Crippen molar-refractivity contribution < 1.29 is 0 Å². The number of nitrogens with one attached hydrogen (secondary N) is 2. The normalized spacial score (nSPS) is 23.3. The molecule has 2 aromatic rings. The van der Waals surface area contributed by atoms with Crippen molar-refractivity contribution in [2.24, 2.45) is 5.92 Å². The van der Waals surface area contributed by atoms with Gasteiger partial charge in [-0.25, -0.2) is 9.50 Å². The second kappa shape index (κ2) is 4.74. The van der Waals surface area contributed by atoms with Crippen molar-refractivity contribution in [1.82, 2.24) is 19.9 Å². The van der Waals surface area contributed by atoms with Gasteiger partial charge in [0, 0.05) is 29.4 Å². The first-order valence-corrected chi connectivity index (χ1v) is 7.62. The quantitative estimate of drug-likeness (QED) is 0.889. The van der Waals surface area contributed by atoms with Crippen molar-refractivity contribution in [2.45, 2.75) is 38.0 Å². The van der Waals surface area contributed by atoms with E-state index in [-0.39, 0.29) is 5.56 Å². The van der Waals surface area contributed by atoms with E-state index in [0.29, 0.717) is 11.8 Å². The van der Waals surface area contributed by atoms with E-state index in [1.165, 1.54) is 25.7 Å². The van der Waals surface area contributed by atoms with Crippen LogP contribution < -0.4 is 10.9 Å². The van der Waals surface area contributed by atoms with Gasteiger partial charge in [0.1, 0.15) is 0 Å². The van der Waals surface area contributed by atoms with Gasteiger partial charge in [-0.3, -0.25) is 9.89 Å². The van der Waals surface area contributed by atoms with E-state index in [2.05, 4.69) is 15.4 Å². The molecule has 3 heterocycles. The monoisotopic (exact) mass is 272 g/mol. The maximum atomic E-state index is 12.2. The number of rotatable bonds is 3. The minimum atomic E-state index is 0.0145. The van der Waals surface area contributed by atoms with E-state index < -0.39 is 0 Å². The van der Waals surface area contributed by atoms with E-state index in [4.69, 9.17) is 0 Å². The van der Waals surface area contributed by atoms with Crippen molar-refractivity contribution in [3.63, 3.8) is 0 Å². The van der Waals surface area contributed by atoms with Gasteiger partial charge in [0.15, 0.2) is 5.65 Å². The van der Waals surface area contributed by atoms with E-state index >= 15 is 0 Å². The summed E-state index contributed by atoms with van der Waals surface area (Å²) in [5.74, 6) is 1.22. The van der Waals surface area contributed by atoms with Gasteiger partial charge in [0.25, 0.3) is 5.56 Å². The SMILES string of the molecule is O=c1cc(CC2CCCNC2)nc2cc(C3CC3)[nH]n12. The molecule has 1 aliphatic carbocycles. The lowest BCUT2D eigenvalue weighted by molar-refractivity contribution is 0.373. The third-order valence-electron chi connectivity index (χ3n) is 4.44. The first-order valence-electron chi connectivity index (χ1n) is 7.62. The molecule has 0 bridgehead atoms. The smallest absolute Gasteiger partial charge is 0.272 e. The largest absolute Gasteiger partial charge is 0.316 e. The third-order valence-corrected chi connectivity index (χ3v) is 4.44. The van der Waals surface area contributed by atoms with Crippen LogP contribution in [0.4, 0.5) is 0 Å². The van der Waals surface area contributed by atoms with Gasteiger partial charge < -0.3 is 5.32 Å². The summed E-state index contributed by atoms with van der Waals surface area (Å²) < 4.78 is 1.58. The van der Waals surface area contributed by atoms with E-state index in [1.54, 1.807) is 10.6 Å². The molecule has 5 heteroatoms. The van der Waals surface area contributed by atoms with Gasteiger partial charge in [-0.1, -0.05) is 0 Å². The number of hydrogen-bond donors (Lipinski definition) is 2. The highest BCUT2D eigenvalue weighted by molar-refractivity contribution is 5.41. The van der Waals surface area contributed by atoms with Gasteiger partial charge >= 0.3 is 0 Å². The molecule has 2 fully saturated rings. The number of fused-ring (bicyclic) bond motifs is 1. The molecular formula is C15H20N4O. The Hall–Kier alpha value is -1.62. The molecule has 0 spiro atoms. The highest BCUT2D eigenvalue weighted by atomic mass is 16.1. The molecule has 1 saturated heterocycles. The van der Waals surface area contributed by atoms with Crippen LogP contribution in [0, 0.1) is 5.92 Å². The summed E-state index contributed by atoms with van der Waals surface area (Å²) in [6, 6.07) is 3.73. The molecule has 5 nitrogen and oxygen atoms in total. The molecule has 20 heavy (non-hydrogen) atoms. The molecule has 0 aromatic carbocycles. The molecule has 2 aromatic heterocycles. The highest BCUT2D eigenvalue weighted by Gasteiger charge is 2.26. The molecule has 1 atom stereocenters. The summed E-state index contributed by atoms with van der Waals surface area (Å²) >= 11 is 0. The van der Waals surface area contributed by atoms with Crippen LogP contribution in [0.2, 0.25) is 0 Å². The Morgan fingerprint density at radius 2 is 2.20 bits per heavy atom. The number of nitrogens with zero attached hydrogens (tertiary/aromatic N) is 2. The molecule has 1 saturated carbocycles. The predicted molar refractivity (Wildman–Crippen MR) is 77.1 cm³/mol. The lowest BCUT2D eigenvalue weighted by atomic mass is 9.95. The average molecular weight is 272 g/mol. The van der Waals surface area contributed by atoms with Gasteiger partial charge in [0.2, 0.25) is 0 Å². The van der Waals surface area contributed by atoms with Crippen molar-refractivity contribution in [1.29, 1.82) is 0 Å². The van der Waals surface area contributed by atoms with Crippen LogP contribution in [-0.4, -0.2) is 27.7 Å². The van der Waals surface area contributed by atoms with Crippen LogP contribution in [0.3, 0.4) is 0 Å². The van der Waals surface area contributed by atoms with Crippen molar-refractivity contribution in [2.75, 3.05) is 13.1 Å². The minimum absolute atomic E-state index is 0.0145. The molecular weight excluding hydrogens is 252 g/mol. The summed E-state index contributed by atoms with van der Waals surface area (Å²) in [7, 11) is 0. The fourth-order valence-corrected chi connectivity index (χ4v) is 3.16. The highest BCUT2D eigenvalue weighted by Crippen LogP contribution is 2.39. The molecule has 0 amide bonds. The number of hydrogen-bond acceptors (Lipinski definition) is 3. The Morgan fingerprint density at radius 1 is 1.30 bits per heavy atom. The van der Waals surface area contributed by atoms with Crippen LogP contribution in [0.25, 0.3) is 5.65 Å². The van der Waals surface area contributed by atoms with E-state index in [0.717, 1.165) is 36.5 Å². The number of H-pyrrole nitrogens is 1. The zero-order chi connectivity index (χ0) is 13.5. The number of aromatic amines is 1. The molecule has 106 valence electrons. The summed E-state index contributed by atoms with van der Waals surface area (Å²) in [5, 5.41) is 6.60. The van der Waals surface area contributed by atoms with E-state index in [9.17, 15) is 4.79 Å². The second-order valence-electron chi connectivity index (χ2n) is 6.18. The zero-order valence-corrected chi connectivity index (χ0v) is 11.6. The molecule has 1 aliphatic heterocycles. The van der Waals surface area contributed by atoms with Crippen LogP contribution in [0.5, 0.6) is 0 Å². The first-order chi connectivity index (χ1) is 9.79. The standard InChI is InChI=1S/C15H20N4O/c20-15-7-12(6-10-2-1-5-16-9-10)17-14-8-13(11-3-4-11)18-19(14)15/h7-8,10-11,16,18H,1-6,9H2. The lowest BCUT2D eigenvalue weighted by Crippen LogP contribution is -2.31. The number of aromatic nitrogens is 3. The summed E-state index contributed by atoms with van der Waals surface area (Å²) in [6.07, 6.45) is 5.81. The second-order valence-corrected chi connectivity index (χ2v) is 6.18. The molecule has 1 unspecified atom stereocenters. The Morgan fingerprint density at radius 3 is 2.95 bits per heavy atom. The van der Waals surface area contributed by atoms with Crippen LogP contribution in [-0.2, 0) is 6.42 Å².